The molecule has 0 atom stereocenters. The summed E-state index contributed by atoms with van der Waals surface area (Å²) in [6, 6.07) is 0. The average Bonchev–Trinajstić information content (AvgIpc) is 2.61. The number of aliphatic hydroxyl groups is 1. The predicted molar refractivity (Wildman–Crippen MR) is 55.0 cm³/mol. The molecule has 8 heteroatoms. The molecule has 2 aliphatic heterocycles. The Morgan fingerprint density at radius 2 is 2.40 bits per heavy atom. The molecule has 2 aliphatic rings. The maximum absolute atomic E-state index is 10.9. The van der Waals surface area contributed by atoms with Gasteiger partial charge in [-0.3, -0.25) is 9.80 Å². The summed E-state index contributed by atoms with van der Waals surface area (Å²) < 4.78 is 0. The maximum Gasteiger partial charge on any atom is 0.265 e. The third-order valence-electron chi connectivity index (χ3n) is 1.92. The first-order valence-corrected chi connectivity index (χ1v) is 4.51. The summed E-state index contributed by atoms with van der Waals surface area (Å²) in [5.74, 6) is -0.0364. The highest BCUT2D eigenvalue weighted by atomic mass is 32.1. The lowest BCUT2D eigenvalue weighted by molar-refractivity contribution is -0.114. The second-order valence-electron chi connectivity index (χ2n) is 2.95. The Kier molecular flexibility index (Phi) is 2.31. The molecule has 0 saturated heterocycles. The number of rotatable bonds is 2. The molecule has 0 fully saturated rings. The fraction of sp³-hybridized carbons (Fsp3) is 0.143. The Labute approximate surface area is 90.8 Å². The molecule has 0 radical (unpaired) electrons. The van der Waals surface area contributed by atoms with Crippen LogP contribution < -0.4 is 16.6 Å². The summed E-state index contributed by atoms with van der Waals surface area (Å²) in [5, 5.41) is 14.6. The average molecular weight is 227 g/mol. The molecule has 0 bridgehead atoms. The van der Waals surface area contributed by atoms with Gasteiger partial charge in [0, 0.05) is 6.08 Å². The van der Waals surface area contributed by atoms with Gasteiger partial charge in [-0.05, 0) is 0 Å². The first-order chi connectivity index (χ1) is 7.11. The summed E-state index contributed by atoms with van der Waals surface area (Å²) >= 11 is 5.03. The normalized spacial score (nSPS) is 19.4. The molecule has 5 N–H and O–H groups in total. The molecular formula is C7H9N5O2S. The van der Waals surface area contributed by atoms with Gasteiger partial charge in [0.25, 0.3) is 5.91 Å². The zero-order valence-corrected chi connectivity index (χ0v) is 8.41. The van der Waals surface area contributed by atoms with E-state index in [1.54, 1.807) is 6.20 Å². The molecule has 0 aromatic rings. The molecule has 15 heavy (non-hydrogen) atoms. The monoisotopic (exact) mass is 227 g/mol. The molecule has 1 amide bonds. The van der Waals surface area contributed by atoms with Crippen LogP contribution in [0.1, 0.15) is 0 Å². The molecule has 80 valence electrons. The number of hydrogen-bond donors (Lipinski definition) is 4. The Bertz CT molecular complexity index is 391. The number of nitrogens with one attached hydrogen (secondary N) is 2. The van der Waals surface area contributed by atoms with Crippen molar-refractivity contribution in [3.63, 3.8) is 0 Å². The van der Waals surface area contributed by atoms with Crippen molar-refractivity contribution in [1.29, 1.82) is 0 Å². The van der Waals surface area contributed by atoms with Crippen molar-refractivity contribution in [3.05, 3.63) is 23.8 Å². The number of amides is 1. The molecular weight excluding hydrogens is 218 g/mol. The summed E-state index contributed by atoms with van der Waals surface area (Å²) in [6.07, 6.45) is 3.02. The van der Waals surface area contributed by atoms with Crippen molar-refractivity contribution in [2.45, 2.75) is 0 Å². The largest absolute Gasteiger partial charge is 0.375 e. The van der Waals surface area contributed by atoms with Crippen LogP contribution in [0.5, 0.6) is 0 Å². The highest BCUT2D eigenvalue weighted by Crippen LogP contribution is 2.16. The summed E-state index contributed by atoms with van der Waals surface area (Å²) in [7, 11) is 0. The van der Waals surface area contributed by atoms with Gasteiger partial charge in [-0.1, -0.05) is 12.2 Å². The molecule has 0 aromatic carbocycles. The molecule has 2 rings (SSSR count). The Hall–Kier alpha value is -1.64. The van der Waals surface area contributed by atoms with Crippen LogP contribution in [0.3, 0.4) is 0 Å². The minimum atomic E-state index is -0.583. The standard InChI is InChI=1S/C7H9N5O2S/c8-7(14)4-1-6(15)12-5(9-4)2-11(3-13)10-12/h1-2,9-10,13H,3H2,(H2,8,14). The van der Waals surface area contributed by atoms with Gasteiger partial charge in [-0.15, -0.1) is 5.53 Å². The number of carbonyl (C=O) groups excluding carboxylic acids is 1. The fourth-order valence-corrected chi connectivity index (χ4v) is 1.50. The van der Waals surface area contributed by atoms with E-state index in [9.17, 15) is 4.79 Å². The Balaban J connectivity index is 2.26. The van der Waals surface area contributed by atoms with Crippen molar-refractivity contribution in [2.24, 2.45) is 5.73 Å². The number of carbonyl (C=O) groups is 1. The molecule has 7 nitrogen and oxygen atoms in total. The van der Waals surface area contributed by atoms with E-state index in [4.69, 9.17) is 23.1 Å². The zero-order valence-electron chi connectivity index (χ0n) is 7.60. The van der Waals surface area contributed by atoms with Gasteiger partial charge in [0.1, 0.15) is 23.2 Å². The van der Waals surface area contributed by atoms with Crippen molar-refractivity contribution >= 4 is 23.1 Å². The van der Waals surface area contributed by atoms with E-state index in [1.165, 1.54) is 16.1 Å². The number of nitrogens with two attached hydrogens (primary N) is 1. The highest BCUT2D eigenvalue weighted by Gasteiger charge is 2.28. The van der Waals surface area contributed by atoms with E-state index < -0.39 is 5.91 Å². The fourth-order valence-electron chi connectivity index (χ4n) is 1.24. The number of hydrogen-bond acceptors (Lipinski definition) is 6. The van der Waals surface area contributed by atoms with E-state index in [1.807, 2.05) is 0 Å². The molecule has 0 aromatic heterocycles. The van der Waals surface area contributed by atoms with Gasteiger partial charge in [0.05, 0.1) is 6.20 Å². The second kappa shape index (κ2) is 3.50. The molecule has 0 spiro atoms. The van der Waals surface area contributed by atoms with E-state index in [-0.39, 0.29) is 12.4 Å². The van der Waals surface area contributed by atoms with Crippen LogP contribution >= 0.6 is 12.2 Å². The summed E-state index contributed by atoms with van der Waals surface area (Å²) in [5.41, 5.74) is 8.12. The van der Waals surface area contributed by atoms with Crippen molar-refractivity contribution in [3.8, 4) is 0 Å². The van der Waals surface area contributed by atoms with Gasteiger partial charge in [0.2, 0.25) is 0 Å². The van der Waals surface area contributed by atoms with Crippen molar-refractivity contribution < 1.29 is 9.90 Å². The number of thiocarbonyl (C=S) groups is 1. The maximum atomic E-state index is 10.9. The summed E-state index contributed by atoms with van der Waals surface area (Å²) in [6.45, 7) is -0.212. The van der Waals surface area contributed by atoms with Crippen LogP contribution in [-0.2, 0) is 4.79 Å². The minimum Gasteiger partial charge on any atom is -0.375 e. The predicted octanol–water partition coefficient (Wildman–Crippen LogP) is -1.93. The number of primary amides is 1. The van der Waals surface area contributed by atoms with E-state index in [0.29, 0.717) is 10.8 Å². The van der Waals surface area contributed by atoms with Crippen LogP contribution in [0, 0.1) is 0 Å². The lowest BCUT2D eigenvalue weighted by Crippen LogP contribution is -2.48. The van der Waals surface area contributed by atoms with Crippen molar-refractivity contribution in [1.82, 2.24) is 20.9 Å². The van der Waals surface area contributed by atoms with Gasteiger partial charge in [-0.25, -0.2) is 5.01 Å². The highest BCUT2D eigenvalue weighted by molar-refractivity contribution is 7.80. The minimum absolute atomic E-state index is 0.212. The molecule has 2 heterocycles. The van der Waals surface area contributed by atoms with Gasteiger partial charge < -0.3 is 16.2 Å². The SMILES string of the molecule is NC(=O)C1=CC(=S)N2NN(CO)C=C2N1. The number of aliphatic hydroxyl groups excluding tert-OH is 1. The van der Waals surface area contributed by atoms with Crippen LogP contribution in [0.15, 0.2) is 23.8 Å². The van der Waals surface area contributed by atoms with E-state index in [2.05, 4.69) is 10.9 Å². The second-order valence-corrected chi connectivity index (χ2v) is 3.36. The third kappa shape index (κ3) is 1.65. The van der Waals surface area contributed by atoms with Crippen LogP contribution in [0.25, 0.3) is 0 Å². The molecule has 0 unspecified atom stereocenters. The van der Waals surface area contributed by atoms with Gasteiger partial charge in [0.15, 0.2) is 0 Å². The van der Waals surface area contributed by atoms with Crippen molar-refractivity contribution in [2.75, 3.05) is 6.73 Å². The molecule has 0 aliphatic carbocycles. The van der Waals surface area contributed by atoms with E-state index in [0.717, 1.165) is 0 Å². The van der Waals surface area contributed by atoms with Crippen LogP contribution in [0.4, 0.5) is 0 Å². The zero-order chi connectivity index (χ0) is 11.0. The first-order valence-electron chi connectivity index (χ1n) is 4.10. The molecule has 0 saturated carbocycles. The number of nitrogens with zero attached hydrogens (tertiary/aromatic N) is 2. The van der Waals surface area contributed by atoms with Gasteiger partial charge in [-0.2, -0.15) is 0 Å². The first kappa shape index (κ1) is 9.90. The van der Waals surface area contributed by atoms with Crippen LogP contribution in [-0.4, -0.2) is 32.8 Å². The number of fused-ring (bicyclic) bond motifs is 1. The Morgan fingerprint density at radius 3 is 3.00 bits per heavy atom. The van der Waals surface area contributed by atoms with E-state index >= 15 is 0 Å². The van der Waals surface area contributed by atoms with Gasteiger partial charge >= 0.3 is 0 Å². The lowest BCUT2D eigenvalue weighted by Gasteiger charge is -2.27. The quantitative estimate of drug-likeness (QED) is 0.408. The Morgan fingerprint density at radius 1 is 1.67 bits per heavy atom. The third-order valence-corrected chi connectivity index (χ3v) is 2.22. The smallest absolute Gasteiger partial charge is 0.265 e. The summed E-state index contributed by atoms with van der Waals surface area (Å²) in [4.78, 5) is 11.3. The lowest BCUT2D eigenvalue weighted by atomic mass is 10.3. The number of hydrazine groups is 2. The van der Waals surface area contributed by atoms with Crippen LogP contribution in [0.2, 0.25) is 0 Å². The topological polar surface area (TPSA) is 93.9 Å².